The summed E-state index contributed by atoms with van der Waals surface area (Å²) in [5.41, 5.74) is 0.844. The van der Waals surface area contributed by atoms with E-state index >= 15 is 0 Å². The number of unbranched alkanes of at least 4 members (excludes halogenated alkanes) is 1. The van der Waals surface area contributed by atoms with E-state index in [4.69, 9.17) is 9.47 Å². The molecular formula is C18H24N4O3. The molecule has 0 aliphatic heterocycles. The van der Waals surface area contributed by atoms with Gasteiger partial charge in [-0.3, -0.25) is 4.79 Å². The van der Waals surface area contributed by atoms with Gasteiger partial charge in [-0.15, -0.1) is 10.2 Å². The largest absolute Gasteiger partial charge is 0.493 e. The Morgan fingerprint density at radius 1 is 1.12 bits per heavy atom. The number of hydrogen-bond donors (Lipinski definition) is 1. The van der Waals surface area contributed by atoms with E-state index in [1.807, 2.05) is 11.9 Å². The van der Waals surface area contributed by atoms with Crippen LogP contribution < -0.4 is 19.7 Å². The van der Waals surface area contributed by atoms with E-state index < -0.39 is 0 Å². The number of carbonyl (C=O) groups excluding carboxylic acids is 1. The highest BCUT2D eigenvalue weighted by Gasteiger charge is 2.12. The molecule has 25 heavy (non-hydrogen) atoms. The van der Waals surface area contributed by atoms with Gasteiger partial charge in [0, 0.05) is 25.3 Å². The van der Waals surface area contributed by atoms with E-state index in [0.29, 0.717) is 17.2 Å². The molecule has 7 nitrogen and oxygen atoms in total. The van der Waals surface area contributed by atoms with Gasteiger partial charge in [-0.2, -0.15) is 0 Å². The lowest BCUT2D eigenvalue weighted by Crippen LogP contribution is -2.21. The van der Waals surface area contributed by atoms with Gasteiger partial charge in [0.2, 0.25) is 0 Å². The molecule has 0 aliphatic carbocycles. The second-order valence-electron chi connectivity index (χ2n) is 5.58. The molecule has 1 aromatic carbocycles. The van der Waals surface area contributed by atoms with Gasteiger partial charge in [-0.05, 0) is 30.7 Å². The number of nitrogens with one attached hydrogen (secondary N) is 1. The third-order valence-electron chi connectivity index (χ3n) is 3.76. The number of ether oxygens (including phenoxy) is 2. The zero-order chi connectivity index (χ0) is 18.2. The first-order valence-electron chi connectivity index (χ1n) is 8.17. The van der Waals surface area contributed by atoms with Gasteiger partial charge in [0.1, 0.15) is 0 Å². The Balaban J connectivity index is 2.06. The van der Waals surface area contributed by atoms with Crippen LogP contribution in [0.3, 0.4) is 0 Å². The average Bonchev–Trinajstić information content (AvgIpc) is 2.66. The van der Waals surface area contributed by atoms with Gasteiger partial charge in [-0.25, -0.2) is 0 Å². The molecule has 2 rings (SSSR count). The molecule has 0 spiro atoms. The normalized spacial score (nSPS) is 10.2. The van der Waals surface area contributed by atoms with Crippen LogP contribution in [0, 0.1) is 0 Å². The van der Waals surface area contributed by atoms with Gasteiger partial charge >= 0.3 is 0 Å². The number of nitrogens with zero attached hydrogens (tertiary/aromatic N) is 3. The lowest BCUT2D eigenvalue weighted by atomic mass is 10.2. The number of carbonyl (C=O) groups is 1. The van der Waals surface area contributed by atoms with Crippen molar-refractivity contribution in [1.29, 1.82) is 0 Å². The Morgan fingerprint density at radius 2 is 1.88 bits per heavy atom. The van der Waals surface area contributed by atoms with Crippen molar-refractivity contribution < 1.29 is 14.3 Å². The number of hydrogen-bond acceptors (Lipinski definition) is 6. The van der Waals surface area contributed by atoms with Crippen LogP contribution in [0.4, 0.5) is 11.5 Å². The van der Waals surface area contributed by atoms with E-state index in [1.54, 1.807) is 44.6 Å². The Morgan fingerprint density at radius 3 is 2.48 bits per heavy atom. The molecule has 0 saturated heterocycles. The van der Waals surface area contributed by atoms with Crippen molar-refractivity contribution in [3.63, 3.8) is 0 Å². The second kappa shape index (κ2) is 8.86. The lowest BCUT2D eigenvalue weighted by Gasteiger charge is -2.16. The fraction of sp³-hybridized carbons (Fsp3) is 0.389. The van der Waals surface area contributed by atoms with Crippen molar-refractivity contribution in [2.75, 3.05) is 38.0 Å². The SMILES string of the molecule is CCCCN(C)c1ccc(C(=O)Nc2ccc(OC)c(OC)c2)nn1. The Hall–Kier alpha value is -2.83. The average molecular weight is 344 g/mol. The van der Waals surface area contributed by atoms with Gasteiger partial charge in [0.15, 0.2) is 23.0 Å². The molecule has 1 N–H and O–H groups in total. The standard InChI is InChI=1S/C18H24N4O3/c1-5-6-11-22(2)17-10-8-14(20-21-17)18(23)19-13-7-9-15(24-3)16(12-13)25-4/h7-10,12H,5-6,11H2,1-4H3,(H,19,23). The van der Waals surface area contributed by atoms with Crippen molar-refractivity contribution in [3.05, 3.63) is 36.0 Å². The topological polar surface area (TPSA) is 76.6 Å². The van der Waals surface area contributed by atoms with Crippen molar-refractivity contribution in [2.24, 2.45) is 0 Å². The molecular weight excluding hydrogens is 320 g/mol. The van der Waals surface area contributed by atoms with Crippen molar-refractivity contribution in [3.8, 4) is 11.5 Å². The predicted molar refractivity (Wildman–Crippen MR) is 97.7 cm³/mol. The summed E-state index contributed by atoms with van der Waals surface area (Å²) in [6.07, 6.45) is 2.20. The predicted octanol–water partition coefficient (Wildman–Crippen LogP) is 2.98. The summed E-state index contributed by atoms with van der Waals surface area (Å²) < 4.78 is 10.4. The summed E-state index contributed by atoms with van der Waals surface area (Å²) in [6, 6.07) is 8.62. The van der Waals surface area contributed by atoms with E-state index in [-0.39, 0.29) is 11.6 Å². The molecule has 7 heteroatoms. The second-order valence-corrected chi connectivity index (χ2v) is 5.58. The minimum Gasteiger partial charge on any atom is -0.493 e. The maximum atomic E-state index is 12.3. The Kier molecular flexibility index (Phi) is 6.56. The molecule has 1 aromatic heterocycles. The summed E-state index contributed by atoms with van der Waals surface area (Å²) in [6.45, 7) is 3.05. The van der Waals surface area contributed by atoms with Crippen LogP contribution in [0.15, 0.2) is 30.3 Å². The highest BCUT2D eigenvalue weighted by molar-refractivity contribution is 6.02. The number of rotatable bonds is 8. The third-order valence-corrected chi connectivity index (χ3v) is 3.76. The van der Waals surface area contributed by atoms with Crippen LogP contribution in [0.1, 0.15) is 30.3 Å². The molecule has 0 atom stereocenters. The van der Waals surface area contributed by atoms with Crippen LogP contribution in [-0.2, 0) is 0 Å². The molecule has 1 heterocycles. The first kappa shape index (κ1) is 18.5. The van der Waals surface area contributed by atoms with Crippen LogP contribution >= 0.6 is 0 Å². The zero-order valence-electron chi connectivity index (χ0n) is 15.1. The van der Waals surface area contributed by atoms with Crippen LogP contribution in [0.25, 0.3) is 0 Å². The monoisotopic (exact) mass is 344 g/mol. The third kappa shape index (κ3) is 4.82. The molecule has 0 aliphatic rings. The van der Waals surface area contributed by atoms with Crippen LogP contribution in [0.2, 0.25) is 0 Å². The summed E-state index contributed by atoms with van der Waals surface area (Å²) in [5, 5.41) is 10.9. The lowest BCUT2D eigenvalue weighted by molar-refractivity contribution is 0.102. The highest BCUT2D eigenvalue weighted by atomic mass is 16.5. The van der Waals surface area contributed by atoms with Crippen molar-refractivity contribution in [2.45, 2.75) is 19.8 Å². The number of anilines is 2. The molecule has 1 amide bonds. The quantitative estimate of drug-likeness (QED) is 0.793. The number of methoxy groups -OCH3 is 2. The number of amides is 1. The summed E-state index contributed by atoms with van der Waals surface area (Å²) >= 11 is 0. The number of benzene rings is 1. The van der Waals surface area contributed by atoms with Crippen molar-refractivity contribution >= 4 is 17.4 Å². The highest BCUT2D eigenvalue weighted by Crippen LogP contribution is 2.29. The molecule has 0 saturated carbocycles. The van der Waals surface area contributed by atoms with Gasteiger partial charge < -0.3 is 19.7 Å². The van der Waals surface area contributed by atoms with Gasteiger partial charge in [0.25, 0.3) is 5.91 Å². The molecule has 134 valence electrons. The zero-order valence-corrected chi connectivity index (χ0v) is 15.1. The van der Waals surface area contributed by atoms with E-state index in [9.17, 15) is 4.79 Å². The van der Waals surface area contributed by atoms with E-state index in [1.165, 1.54) is 0 Å². The fourth-order valence-corrected chi connectivity index (χ4v) is 2.27. The summed E-state index contributed by atoms with van der Waals surface area (Å²) in [4.78, 5) is 14.3. The minimum atomic E-state index is -0.331. The van der Waals surface area contributed by atoms with E-state index in [2.05, 4.69) is 22.4 Å². The van der Waals surface area contributed by atoms with Crippen molar-refractivity contribution in [1.82, 2.24) is 10.2 Å². The Labute approximate surface area is 148 Å². The van der Waals surface area contributed by atoms with Crippen LogP contribution in [-0.4, -0.2) is 43.9 Å². The molecule has 0 bridgehead atoms. The maximum absolute atomic E-state index is 12.3. The maximum Gasteiger partial charge on any atom is 0.276 e. The van der Waals surface area contributed by atoms with Crippen LogP contribution in [0.5, 0.6) is 11.5 Å². The minimum absolute atomic E-state index is 0.252. The summed E-state index contributed by atoms with van der Waals surface area (Å²) in [7, 11) is 5.07. The Bertz CT molecular complexity index is 704. The molecule has 0 radical (unpaired) electrons. The fourth-order valence-electron chi connectivity index (χ4n) is 2.27. The number of aromatic nitrogens is 2. The summed E-state index contributed by atoms with van der Waals surface area (Å²) in [5.74, 6) is 1.55. The molecule has 0 fully saturated rings. The van der Waals surface area contributed by atoms with Gasteiger partial charge in [-0.1, -0.05) is 13.3 Å². The smallest absolute Gasteiger partial charge is 0.276 e. The first-order chi connectivity index (χ1) is 12.1. The molecule has 2 aromatic rings. The first-order valence-corrected chi connectivity index (χ1v) is 8.17. The van der Waals surface area contributed by atoms with Gasteiger partial charge in [0.05, 0.1) is 14.2 Å². The molecule has 0 unspecified atom stereocenters. The van der Waals surface area contributed by atoms with E-state index in [0.717, 1.165) is 25.2 Å².